The molecule has 2 rings (SSSR count). The summed E-state index contributed by atoms with van der Waals surface area (Å²) in [6.07, 6.45) is 0. The number of rotatable bonds is 3. The van der Waals surface area contributed by atoms with Crippen molar-refractivity contribution in [2.24, 2.45) is 5.92 Å². The molecule has 116 valence electrons. The van der Waals surface area contributed by atoms with Crippen molar-refractivity contribution in [1.82, 2.24) is 4.98 Å². The van der Waals surface area contributed by atoms with Crippen molar-refractivity contribution in [3.63, 3.8) is 0 Å². The molecule has 0 fully saturated rings. The van der Waals surface area contributed by atoms with Crippen LogP contribution in [0.2, 0.25) is 13.1 Å². The average molecular weight is 315 g/mol. The first-order valence-electron chi connectivity index (χ1n) is 7.52. The van der Waals surface area contributed by atoms with Gasteiger partial charge in [0.05, 0.1) is 0 Å². The number of amides is 1. The Kier molecular flexibility index (Phi) is 8.46. The third-order valence-electron chi connectivity index (χ3n) is 4.78. The average Bonchev–Trinajstić information content (AvgIpc) is 2.63. The first-order valence-corrected chi connectivity index (χ1v) is 10.5. The summed E-state index contributed by atoms with van der Waals surface area (Å²) < 4.78 is 0. The Morgan fingerprint density at radius 1 is 1.00 bits per heavy atom. The third-order valence-corrected chi connectivity index (χ3v) is 7.78. The van der Waals surface area contributed by atoms with Crippen LogP contribution in [0.5, 0.6) is 0 Å². The van der Waals surface area contributed by atoms with Gasteiger partial charge in [0.25, 0.3) is 0 Å². The zero-order chi connectivity index (χ0) is 15.8. The van der Waals surface area contributed by atoms with E-state index in [2.05, 4.69) is 45.8 Å². The Morgan fingerprint density at radius 2 is 1.52 bits per heavy atom. The van der Waals surface area contributed by atoms with Crippen LogP contribution in [-0.4, -0.2) is 51.9 Å². The molecule has 0 radical (unpaired) electrons. The number of allylic oxidation sites excluding steroid dienone is 4. The van der Waals surface area contributed by atoms with E-state index in [-0.39, 0.29) is 43.6 Å². The van der Waals surface area contributed by atoms with Crippen LogP contribution >= 0.6 is 0 Å². The number of benzene rings is 1. The Hall–Kier alpha value is -0.418. The fourth-order valence-electron chi connectivity index (χ4n) is 3.39. The van der Waals surface area contributed by atoms with Gasteiger partial charge in [0, 0.05) is 5.56 Å². The molecule has 1 unspecified atom stereocenters. The fourth-order valence-corrected chi connectivity index (χ4v) is 6.66. The van der Waals surface area contributed by atoms with Gasteiger partial charge < -0.3 is 4.98 Å². The van der Waals surface area contributed by atoms with E-state index >= 15 is 0 Å². The van der Waals surface area contributed by atoms with Gasteiger partial charge in [-0.3, -0.25) is 4.79 Å². The zero-order valence-electron chi connectivity index (χ0n) is 13.9. The summed E-state index contributed by atoms with van der Waals surface area (Å²) in [5.74, 6) is 0.490. The van der Waals surface area contributed by atoms with Crippen LogP contribution in [-0.2, 0) is 0 Å². The van der Waals surface area contributed by atoms with Gasteiger partial charge in [-0.2, -0.15) is 0 Å². The molecule has 1 aromatic carbocycles. The van der Waals surface area contributed by atoms with Crippen molar-refractivity contribution in [3.05, 3.63) is 57.8 Å². The molecule has 1 aromatic rings. The molecule has 0 bridgehead atoms. The summed E-state index contributed by atoms with van der Waals surface area (Å²) in [6.45, 7) is 13.3. The van der Waals surface area contributed by atoms with E-state index in [1.165, 1.54) is 21.9 Å². The number of nitrogens with one attached hydrogen (secondary N) is 1. The minimum absolute atomic E-state index is 0. The molecule has 5 heteroatoms. The second kappa shape index (κ2) is 8.61. The van der Waals surface area contributed by atoms with Gasteiger partial charge in [-0.05, 0) is 57.5 Å². The number of hydrogen-bond donors (Lipinski definition) is 1. The molecule has 0 aliphatic heterocycles. The van der Waals surface area contributed by atoms with Crippen LogP contribution in [0.1, 0.15) is 38.1 Å². The molecule has 0 spiro atoms. The summed E-state index contributed by atoms with van der Waals surface area (Å²) in [5.41, 5.74) is 4.96. The van der Waals surface area contributed by atoms with Crippen molar-refractivity contribution in [2.45, 2.75) is 40.8 Å². The molecular weight excluding hydrogens is 288 g/mol. The van der Waals surface area contributed by atoms with E-state index in [4.69, 9.17) is 0 Å². The predicted molar refractivity (Wildman–Crippen MR) is 106 cm³/mol. The SMILES string of the molecule is CC1=C(C)C(C)C([Si](C)(C)NC(=O)c2ccccc2)=C1C.[LiH].[LiH]. The van der Waals surface area contributed by atoms with Crippen LogP contribution in [0.15, 0.2) is 52.2 Å². The third kappa shape index (κ3) is 4.56. The van der Waals surface area contributed by atoms with Crippen LogP contribution in [0.4, 0.5) is 0 Å². The first kappa shape index (κ1) is 22.6. The molecule has 1 aliphatic rings. The number of hydrogen-bond acceptors (Lipinski definition) is 1. The van der Waals surface area contributed by atoms with Crippen LogP contribution < -0.4 is 4.98 Å². The van der Waals surface area contributed by atoms with E-state index in [0.29, 0.717) is 5.92 Å². The Labute approximate surface area is 165 Å². The molecule has 0 heterocycles. The molecule has 1 N–H and O–H groups in total. The first-order chi connectivity index (χ1) is 9.75. The summed E-state index contributed by atoms with van der Waals surface area (Å²) >= 11 is 0. The summed E-state index contributed by atoms with van der Waals surface area (Å²) in [7, 11) is -1.99. The van der Waals surface area contributed by atoms with Crippen molar-refractivity contribution in [3.8, 4) is 0 Å². The zero-order valence-corrected chi connectivity index (χ0v) is 14.9. The fraction of sp³-hybridized carbons (Fsp3) is 0.389. The molecular formula is C18H27Li2NOSi. The summed E-state index contributed by atoms with van der Waals surface area (Å²) in [4.78, 5) is 15.8. The van der Waals surface area contributed by atoms with Crippen LogP contribution in [0.3, 0.4) is 0 Å². The molecule has 0 aromatic heterocycles. The standard InChI is InChI=1S/C18H25NOSi.2Li.2H/c1-12-13(2)15(4)17(14(12)3)21(5,6)19-18(20)16-10-8-7-9-11-16;;;;/h7-11,14H,1-6H3,(H,19,20);;;;. The van der Waals surface area contributed by atoms with Crippen molar-refractivity contribution >= 4 is 51.9 Å². The van der Waals surface area contributed by atoms with Gasteiger partial charge in [-0.15, -0.1) is 0 Å². The molecule has 23 heavy (non-hydrogen) atoms. The van der Waals surface area contributed by atoms with Crippen LogP contribution in [0.25, 0.3) is 0 Å². The molecule has 1 aliphatic carbocycles. The van der Waals surface area contributed by atoms with Gasteiger partial charge in [0.1, 0.15) is 0 Å². The summed E-state index contributed by atoms with van der Waals surface area (Å²) in [6, 6.07) is 9.48. The molecule has 0 saturated heterocycles. The normalized spacial score (nSPS) is 17.6. The second-order valence-corrected chi connectivity index (χ2v) is 10.6. The Balaban J connectivity index is 0.00000242. The van der Waals surface area contributed by atoms with Gasteiger partial charge in [0.15, 0.2) is 8.24 Å². The van der Waals surface area contributed by atoms with E-state index < -0.39 is 8.24 Å². The quantitative estimate of drug-likeness (QED) is 0.853. The molecule has 1 atom stereocenters. The number of carbonyl (C=O) groups is 1. The monoisotopic (exact) mass is 315 g/mol. The summed E-state index contributed by atoms with van der Waals surface area (Å²) in [5, 5.41) is 1.46. The van der Waals surface area contributed by atoms with Gasteiger partial charge in [0.2, 0.25) is 5.91 Å². The minimum atomic E-state index is -1.99. The second-order valence-electron chi connectivity index (χ2n) is 6.51. The van der Waals surface area contributed by atoms with Gasteiger partial charge in [-0.1, -0.05) is 41.5 Å². The van der Waals surface area contributed by atoms with E-state index in [1.807, 2.05) is 30.3 Å². The predicted octanol–water partition coefficient (Wildman–Crippen LogP) is 3.17. The Bertz CT molecular complexity index is 636. The maximum atomic E-state index is 12.5. The van der Waals surface area contributed by atoms with Gasteiger partial charge in [-0.25, -0.2) is 0 Å². The van der Waals surface area contributed by atoms with E-state index in [1.54, 1.807) is 0 Å². The van der Waals surface area contributed by atoms with E-state index in [9.17, 15) is 4.79 Å². The Morgan fingerprint density at radius 3 is 1.96 bits per heavy atom. The topological polar surface area (TPSA) is 29.1 Å². The van der Waals surface area contributed by atoms with Crippen molar-refractivity contribution in [2.75, 3.05) is 0 Å². The molecule has 0 saturated carbocycles. The molecule has 2 nitrogen and oxygen atoms in total. The van der Waals surface area contributed by atoms with Crippen molar-refractivity contribution < 1.29 is 4.79 Å². The molecule has 1 amide bonds. The number of carbonyl (C=O) groups excluding carboxylic acids is 1. The van der Waals surface area contributed by atoms with Crippen molar-refractivity contribution in [1.29, 1.82) is 0 Å². The van der Waals surface area contributed by atoms with Crippen LogP contribution in [0, 0.1) is 5.92 Å². The van der Waals surface area contributed by atoms with Gasteiger partial charge >= 0.3 is 37.7 Å². The van der Waals surface area contributed by atoms with E-state index in [0.717, 1.165) is 5.56 Å². The maximum absolute atomic E-state index is 12.5.